The summed E-state index contributed by atoms with van der Waals surface area (Å²) in [4.78, 5) is 4.62. The highest BCUT2D eigenvalue weighted by molar-refractivity contribution is 9.10. The minimum Gasteiger partial charge on any atom is -0.379 e. The normalized spacial score (nSPS) is 11.5. The number of thiazole rings is 1. The van der Waals surface area contributed by atoms with Crippen LogP contribution in [0.3, 0.4) is 0 Å². The summed E-state index contributed by atoms with van der Waals surface area (Å²) in [6.07, 6.45) is 1.62. The molecule has 4 aromatic rings. The second kappa shape index (κ2) is 9.42. The maximum Gasteiger partial charge on any atom is 0.339 e. The summed E-state index contributed by atoms with van der Waals surface area (Å²) in [6.45, 7) is 0. The smallest absolute Gasteiger partial charge is 0.339 e. The van der Waals surface area contributed by atoms with E-state index < -0.39 is 10.1 Å². The molecule has 0 atom stereocenters. The Kier molecular flexibility index (Phi) is 6.45. The molecule has 6 nitrogen and oxygen atoms in total. The van der Waals surface area contributed by atoms with E-state index in [1.165, 1.54) is 23.5 Å². The average molecular weight is 514 g/mol. The van der Waals surface area contributed by atoms with Crippen LogP contribution in [-0.4, -0.2) is 19.6 Å². The van der Waals surface area contributed by atoms with Crippen LogP contribution in [-0.2, 0) is 10.1 Å². The summed E-state index contributed by atoms with van der Waals surface area (Å²) in [7, 11) is -3.86. The number of nitrogens with zero attached hydrogens (tertiary/aromatic N) is 2. The largest absolute Gasteiger partial charge is 0.379 e. The third kappa shape index (κ3) is 5.57. The molecule has 31 heavy (non-hydrogen) atoms. The van der Waals surface area contributed by atoms with E-state index in [9.17, 15) is 8.42 Å². The van der Waals surface area contributed by atoms with Gasteiger partial charge >= 0.3 is 10.1 Å². The molecule has 4 rings (SSSR count). The molecule has 3 aromatic carbocycles. The molecule has 0 fully saturated rings. The van der Waals surface area contributed by atoms with E-state index in [1.54, 1.807) is 48.7 Å². The molecule has 0 aliphatic carbocycles. The second-order valence-corrected chi connectivity index (χ2v) is 9.65. The van der Waals surface area contributed by atoms with Crippen LogP contribution in [0.25, 0.3) is 11.3 Å². The molecule has 1 aromatic heterocycles. The number of aromatic nitrogens is 1. The molecule has 0 amide bonds. The highest BCUT2D eigenvalue weighted by atomic mass is 79.9. The molecule has 0 radical (unpaired) electrons. The van der Waals surface area contributed by atoms with Gasteiger partial charge in [0.1, 0.15) is 10.6 Å². The number of rotatable bonds is 7. The SMILES string of the molecule is O=S(=O)(Oc1ccc(C=NNc2nc(-c3ccc(Br)cc3)cs2)cc1)c1ccccc1. The summed E-state index contributed by atoms with van der Waals surface area (Å²) in [5.74, 6) is 0.230. The molecule has 0 aliphatic rings. The van der Waals surface area contributed by atoms with E-state index in [0.717, 1.165) is 21.3 Å². The maximum absolute atomic E-state index is 12.3. The lowest BCUT2D eigenvalue weighted by Gasteiger charge is -2.06. The van der Waals surface area contributed by atoms with Crippen LogP contribution >= 0.6 is 27.3 Å². The van der Waals surface area contributed by atoms with Crippen LogP contribution in [0.15, 0.2) is 98.7 Å². The number of halogens is 1. The first-order chi connectivity index (χ1) is 15.0. The van der Waals surface area contributed by atoms with E-state index in [1.807, 2.05) is 29.6 Å². The molecule has 0 unspecified atom stereocenters. The number of hydrazone groups is 1. The number of hydrogen-bond donors (Lipinski definition) is 1. The zero-order valence-corrected chi connectivity index (χ0v) is 19.2. The molecule has 0 saturated heterocycles. The summed E-state index contributed by atoms with van der Waals surface area (Å²) < 4.78 is 30.7. The van der Waals surface area contributed by atoms with E-state index in [0.29, 0.717) is 5.13 Å². The number of hydrogen-bond acceptors (Lipinski definition) is 7. The fourth-order valence-electron chi connectivity index (χ4n) is 2.61. The van der Waals surface area contributed by atoms with Crippen molar-refractivity contribution in [2.75, 3.05) is 5.43 Å². The van der Waals surface area contributed by atoms with Gasteiger partial charge in [-0.15, -0.1) is 11.3 Å². The Morgan fingerprint density at radius 1 is 0.968 bits per heavy atom. The van der Waals surface area contributed by atoms with Gasteiger partial charge in [-0.3, -0.25) is 5.43 Å². The van der Waals surface area contributed by atoms with Crippen molar-refractivity contribution in [2.45, 2.75) is 4.90 Å². The van der Waals surface area contributed by atoms with E-state index >= 15 is 0 Å². The van der Waals surface area contributed by atoms with Gasteiger partial charge in [0.15, 0.2) is 0 Å². The van der Waals surface area contributed by atoms with E-state index in [4.69, 9.17) is 4.18 Å². The van der Waals surface area contributed by atoms with Crippen molar-refractivity contribution in [3.63, 3.8) is 0 Å². The van der Waals surface area contributed by atoms with E-state index in [-0.39, 0.29) is 10.6 Å². The Morgan fingerprint density at radius 2 is 1.68 bits per heavy atom. The zero-order chi connectivity index (χ0) is 21.7. The minimum absolute atomic E-state index is 0.107. The Labute approximate surface area is 192 Å². The first-order valence-electron chi connectivity index (χ1n) is 9.10. The van der Waals surface area contributed by atoms with Gasteiger partial charge in [0.05, 0.1) is 11.9 Å². The molecule has 9 heteroatoms. The van der Waals surface area contributed by atoms with E-state index in [2.05, 4.69) is 31.4 Å². The van der Waals surface area contributed by atoms with Crippen molar-refractivity contribution >= 4 is 48.7 Å². The summed E-state index contributed by atoms with van der Waals surface area (Å²) in [5, 5.41) is 6.82. The van der Waals surface area contributed by atoms with Crippen LogP contribution < -0.4 is 9.61 Å². The number of nitrogens with one attached hydrogen (secondary N) is 1. The first kappa shape index (κ1) is 21.2. The highest BCUT2D eigenvalue weighted by Gasteiger charge is 2.15. The topological polar surface area (TPSA) is 80.7 Å². The Hall–Kier alpha value is -3.01. The third-order valence-electron chi connectivity index (χ3n) is 4.14. The molecule has 0 aliphatic heterocycles. The van der Waals surface area contributed by atoms with Crippen molar-refractivity contribution in [1.29, 1.82) is 0 Å². The predicted molar refractivity (Wildman–Crippen MR) is 127 cm³/mol. The van der Waals surface area contributed by atoms with Gasteiger partial charge in [0.25, 0.3) is 0 Å². The molecular weight excluding hydrogens is 498 g/mol. The van der Waals surface area contributed by atoms with Crippen molar-refractivity contribution < 1.29 is 12.6 Å². The van der Waals surface area contributed by atoms with Crippen LogP contribution in [0.1, 0.15) is 5.56 Å². The number of benzene rings is 3. The molecule has 156 valence electrons. The molecule has 1 heterocycles. The molecular formula is C22H16BrN3O3S2. The Balaban J connectivity index is 1.37. The van der Waals surface area contributed by atoms with Crippen LogP contribution in [0.2, 0.25) is 0 Å². The van der Waals surface area contributed by atoms with Crippen LogP contribution in [0, 0.1) is 0 Å². The fourth-order valence-corrected chi connectivity index (χ4v) is 4.50. The Bertz CT molecular complexity index is 1290. The van der Waals surface area contributed by atoms with Gasteiger partial charge in [-0.2, -0.15) is 13.5 Å². The second-order valence-electron chi connectivity index (χ2n) is 6.33. The third-order valence-corrected chi connectivity index (χ3v) is 6.67. The lowest BCUT2D eigenvalue weighted by molar-refractivity contribution is 0.486. The van der Waals surface area contributed by atoms with Gasteiger partial charge in [-0.1, -0.05) is 46.3 Å². The highest BCUT2D eigenvalue weighted by Crippen LogP contribution is 2.26. The van der Waals surface area contributed by atoms with Gasteiger partial charge in [-0.25, -0.2) is 4.98 Å². The zero-order valence-electron chi connectivity index (χ0n) is 16.0. The standard InChI is InChI=1S/C22H16BrN3O3S2/c23-18-10-8-17(9-11-18)21-15-30-22(25-21)26-24-14-16-6-12-19(13-7-16)29-31(27,28)20-4-2-1-3-5-20/h1-15H,(H,25,26). The van der Waals surface area contributed by atoms with Crippen molar-refractivity contribution in [3.05, 3.63) is 94.3 Å². The molecule has 0 saturated carbocycles. The maximum atomic E-state index is 12.3. The lowest BCUT2D eigenvalue weighted by Crippen LogP contribution is -2.09. The summed E-state index contributed by atoms with van der Waals surface area (Å²) in [5.41, 5.74) is 5.59. The average Bonchev–Trinajstić information content (AvgIpc) is 3.25. The molecule has 0 spiro atoms. The van der Waals surface area contributed by atoms with Gasteiger partial charge in [0.2, 0.25) is 5.13 Å². The quantitative estimate of drug-likeness (QED) is 0.192. The van der Waals surface area contributed by atoms with Crippen LogP contribution in [0.5, 0.6) is 5.75 Å². The summed E-state index contributed by atoms with van der Waals surface area (Å²) in [6, 6.07) is 22.5. The Morgan fingerprint density at radius 3 is 2.39 bits per heavy atom. The van der Waals surface area contributed by atoms with Gasteiger partial charge in [0, 0.05) is 15.4 Å². The molecule has 1 N–H and O–H groups in total. The van der Waals surface area contributed by atoms with Crippen molar-refractivity contribution in [3.8, 4) is 17.0 Å². The van der Waals surface area contributed by atoms with Gasteiger partial charge in [-0.05, 0) is 54.1 Å². The monoisotopic (exact) mass is 513 g/mol. The number of anilines is 1. The minimum atomic E-state index is -3.86. The van der Waals surface area contributed by atoms with Crippen LogP contribution in [0.4, 0.5) is 5.13 Å². The van der Waals surface area contributed by atoms with Crippen molar-refractivity contribution in [1.82, 2.24) is 4.98 Å². The molecule has 0 bridgehead atoms. The first-order valence-corrected chi connectivity index (χ1v) is 12.2. The van der Waals surface area contributed by atoms with Gasteiger partial charge < -0.3 is 4.18 Å². The van der Waals surface area contributed by atoms with Crippen molar-refractivity contribution in [2.24, 2.45) is 5.10 Å². The summed E-state index contributed by atoms with van der Waals surface area (Å²) >= 11 is 4.88. The predicted octanol–water partition coefficient (Wildman–Crippen LogP) is 5.79. The fraction of sp³-hybridized carbons (Fsp3) is 0. The lowest BCUT2D eigenvalue weighted by atomic mass is 10.2.